The van der Waals surface area contributed by atoms with Crippen LogP contribution in [0.1, 0.15) is 140 Å². The minimum absolute atomic E-state index is 0.0938. The molecule has 0 bridgehead atoms. The molecule has 418 valence electrons. The van der Waals surface area contributed by atoms with Crippen LogP contribution in [0.3, 0.4) is 0 Å². The van der Waals surface area contributed by atoms with Crippen molar-refractivity contribution in [3.63, 3.8) is 0 Å². The van der Waals surface area contributed by atoms with Crippen LogP contribution in [0.15, 0.2) is 97.6 Å². The van der Waals surface area contributed by atoms with Gasteiger partial charge < -0.3 is 39.4 Å². The number of nitrogens with one attached hydrogen (secondary N) is 2. The number of amides is 4. The SMILES string of the molecule is CCC(C)(C)C(=O)C(=O)N1CCCCC1C(=O)O[C@H](CCc1cccnc1)c1cccc(OCC(=O)NCCNC(=O)COc2cccc(C(CCc3cccnc3)OC(=O)[C@@H]3CCCCN3C(=O)C(=O)C(C)(C)CC)c2)c1. The number of benzene rings is 2. The first kappa shape index (κ1) is 59.7. The van der Waals surface area contributed by atoms with Gasteiger partial charge in [0, 0.05) is 61.8 Å². The fraction of sp³-hybridized carbons (Fsp3) is 0.500. The maximum atomic E-state index is 14.0. The second kappa shape index (κ2) is 28.8. The van der Waals surface area contributed by atoms with Gasteiger partial charge in [-0.05, 0) is 136 Å². The number of ether oxygens (including phenoxy) is 4. The average molecular weight is 1070 g/mol. The lowest BCUT2D eigenvalue weighted by molar-refractivity contribution is -0.165. The van der Waals surface area contributed by atoms with Crippen molar-refractivity contribution in [1.29, 1.82) is 0 Å². The first-order valence-electron chi connectivity index (χ1n) is 27.3. The molecular formula is C60H76N6O12. The summed E-state index contributed by atoms with van der Waals surface area (Å²) in [5, 5.41) is 5.45. The van der Waals surface area contributed by atoms with Crippen molar-refractivity contribution < 1.29 is 57.3 Å². The first-order chi connectivity index (χ1) is 37.4. The van der Waals surface area contributed by atoms with Gasteiger partial charge in [-0.3, -0.25) is 38.7 Å². The lowest BCUT2D eigenvalue weighted by Gasteiger charge is -2.36. The van der Waals surface area contributed by atoms with Gasteiger partial charge in [0.15, 0.2) is 13.2 Å². The molecule has 2 unspecified atom stereocenters. The molecule has 0 spiro atoms. The number of ketones is 2. The van der Waals surface area contributed by atoms with Crippen LogP contribution in [-0.2, 0) is 60.7 Å². The Morgan fingerprint density at radius 1 is 0.577 bits per heavy atom. The summed E-state index contributed by atoms with van der Waals surface area (Å²) in [7, 11) is 0. The van der Waals surface area contributed by atoms with Gasteiger partial charge in [-0.25, -0.2) is 9.59 Å². The number of carbonyl (C=O) groups is 8. The van der Waals surface area contributed by atoms with Crippen molar-refractivity contribution in [3.05, 3.63) is 120 Å². The van der Waals surface area contributed by atoms with E-state index in [0.717, 1.165) is 11.1 Å². The predicted molar refractivity (Wildman–Crippen MR) is 290 cm³/mol. The van der Waals surface area contributed by atoms with Gasteiger partial charge >= 0.3 is 11.9 Å². The molecule has 0 radical (unpaired) electrons. The van der Waals surface area contributed by atoms with Crippen LogP contribution in [-0.4, -0.2) is 118 Å². The summed E-state index contributed by atoms with van der Waals surface area (Å²) < 4.78 is 24.1. The summed E-state index contributed by atoms with van der Waals surface area (Å²) in [5.41, 5.74) is 1.37. The molecule has 2 N–H and O–H groups in total. The molecule has 2 aromatic heterocycles. The number of nitrogens with zero attached hydrogens (tertiary/aromatic N) is 4. The highest BCUT2D eigenvalue weighted by atomic mass is 16.6. The molecule has 2 aliphatic rings. The third kappa shape index (κ3) is 17.0. The summed E-state index contributed by atoms with van der Waals surface area (Å²) in [6.45, 7) is 10.7. The summed E-state index contributed by atoms with van der Waals surface area (Å²) in [5.74, 6) is -3.78. The number of hydrogen-bond donors (Lipinski definition) is 2. The number of piperidine rings is 2. The van der Waals surface area contributed by atoms with Gasteiger partial charge in [0.2, 0.25) is 11.6 Å². The predicted octanol–water partition coefficient (Wildman–Crippen LogP) is 7.37. The van der Waals surface area contributed by atoms with Crippen LogP contribution in [0.25, 0.3) is 0 Å². The number of Topliss-reactive ketones (excluding diaryl/α,β-unsaturated/α-hetero) is 2. The number of esters is 2. The molecule has 2 saturated heterocycles. The molecule has 4 aromatic rings. The van der Waals surface area contributed by atoms with Crippen LogP contribution >= 0.6 is 0 Å². The molecule has 78 heavy (non-hydrogen) atoms. The molecule has 6 rings (SSSR count). The Labute approximate surface area is 457 Å². The third-order valence-electron chi connectivity index (χ3n) is 14.8. The van der Waals surface area contributed by atoms with Crippen LogP contribution in [0.5, 0.6) is 11.5 Å². The average Bonchev–Trinajstić information content (AvgIpc) is 3.52. The number of carbonyl (C=O) groups excluding carboxylic acids is 8. The van der Waals surface area contributed by atoms with E-state index in [0.29, 0.717) is 99.7 Å². The molecule has 4 atom stereocenters. The number of rotatable bonds is 27. The van der Waals surface area contributed by atoms with Gasteiger partial charge in [0.25, 0.3) is 23.6 Å². The minimum atomic E-state index is -0.910. The highest BCUT2D eigenvalue weighted by Gasteiger charge is 2.43. The van der Waals surface area contributed by atoms with E-state index in [1.807, 2.05) is 38.1 Å². The third-order valence-corrected chi connectivity index (χ3v) is 14.8. The summed E-state index contributed by atoms with van der Waals surface area (Å²) >= 11 is 0. The van der Waals surface area contributed by atoms with Gasteiger partial charge in [-0.15, -0.1) is 0 Å². The monoisotopic (exact) mass is 1070 g/mol. The Hall–Kier alpha value is -7.50. The number of pyridine rings is 2. The second-order valence-electron chi connectivity index (χ2n) is 21.2. The van der Waals surface area contributed by atoms with E-state index >= 15 is 0 Å². The van der Waals surface area contributed by atoms with Gasteiger partial charge in [0.05, 0.1) is 0 Å². The Kier molecular flexibility index (Phi) is 22.0. The van der Waals surface area contributed by atoms with Crippen molar-refractivity contribution >= 4 is 47.1 Å². The van der Waals surface area contributed by atoms with Crippen molar-refractivity contribution in [2.75, 3.05) is 39.4 Å². The van der Waals surface area contributed by atoms with E-state index in [-0.39, 0.29) is 39.4 Å². The number of hydrogen-bond acceptors (Lipinski definition) is 14. The number of likely N-dealkylation sites (tertiary alicyclic amines) is 2. The highest BCUT2D eigenvalue weighted by molar-refractivity contribution is 6.38. The van der Waals surface area contributed by atoms with Crippen molar-refractivity contribution in [2.45, 2.75) is 143 Å². The van der Waals surface area contributed by atoms with E-state index in [9.17, 15) is 38.4 Å². The normalized spacial score (nSPS) is 16.4. The fourth-order valence-electron chi connectivity index (χ4n) is 9.13. The quantitative estimate of drug-likeness (QED) is 0.0338. The van der Waals surface area contributed by atoms with E-state index in [1.54, 1.807) is 101 Å². The molecular weight excluding hydrogens is 997 g/mol. The molecule has 4 amide bonds. The van der Waals surface area contributed by atoms with Crippen LogP contribution in [0.2, 0.25) is 0 Å². The lowest BCUT2D eigenvalue weighted by Crippen LogP contribution is -2.53. The zero-order valence-electron chi connectivity index (χ0n) is 46.0. The van der Waals surface area contributed by atoms with E-state index in [4.69, 9.17) is 18.9 Å². The zero-order valence-corrected chi connectivity index (χ0v) is 46.0. The van der Waals surface area contributed by atoms with Crippen LogP contribution in [0, 0.1) is 10.8 Å². The molecule has 2 aliphatic heterocycles. The largest absolute Gasteiger partial charge is 0.484 e. The summed E-state index contributed by atoms with van der Waals surface area (Å²) in [6, 6.07) is 19.5. The van der Waals surface area contributed by atoms with Crippen molar-refractivity contribution in [3.8, 4) is 11.5 Å². The van der Waals surface area contributed by atoms with Crippen molar-refractivity contribution in [2.24, 2.45) is 10.8 Å². The number of aryl methyl sites for hydroxylation is 2. The standard InChI is InChI=1S/C60H76N6O12/c1-7-59(3,4)53(69)55(71)65-33-11-9-23-47(65)57(73)77-49(27-25-41-17-15-29-61-37-41)43-19-13-21-45(35-43)75-39-51(67)63-31-32-64-52(68)40-76-46-22-14-20-44(36-46)50(28-26-42-18-16-30-62-38-42)78-58(74)48-24-10-12-34-66(48)56(72)54(70)60(5,6)8-2/h13-22,29-30,35-38,47-50H,7-12,23-28,31-34,39-40H2,1-6H3,(H,63,67)(H,64,68)/t47-,48?,49?,50+/m0/s1. The summed E-state index contributed by atoms with van der Waals surface area (Å²) in [4.78, 5) is 118. The van der Waals surface area contributed by atoms with Crippen molar-refractivity contribution in [1.82, 2.24) is 30.4 Å². The van der Waals surface area contributed by atoms with E-state index in [1.165, 1.54) is 9.80 Å². The maximum absolute atomic E-state index is 14.0. The Morgan fingerprint density at radius 3 is 1.36 bits per heavy atom. The van der Waals surface area contributed by atoms with E-state index < -0.39 is 82.3 Å². The highest BCUT2D eigenvalue weighted by Crippen LogP contribution is 2.33. The van der Waals surface area contributed by atoms with Gasteiger partial charge in [-0.2, -0.15) is 0 Å². The Morgan fingerprint density at radius 2 is 0.987 bits per heavy atom. The fourth-order valence-corrected chi connectivity index (χ4v) is 9.13. The first-order valence-corrected chi connectivity index (χ1v) is 27.3. The smallest absolute Gasteiger partial charge is 0.329 e. The molecule has 0 aliphatic carbocycles. The zero-order chi connectivity index (χ0) is 56.2. The van der Waals surface area contributed by atoms with Gasteiger partial charge in [0.1, 0.15) is 35.8 Å². The Bertz CT molecular complexity index is 2520. The molecule has 4 heterocycles. The number of aromatic nitrogens is 2. The molecule has 18 nitrogen and oxygen atoms in total. The van der Waals surface area contributed by atoms with E-state index in [2.05, 4.69) is 20.6 Å². The van der Waals surface area contributed by atoms with Crippen LogP contribution in [0.4, 0.5) is 0 Å². The van der Waals surface area contributed by atoms with Crippen LogP contribution < -0.4 is 20.1 Å². The molecule has 2 fully saturated rings. The second-order valence-corrected chi connectivity index (χ2v) is 21.2. The Balaban J connectivity index is 1.00. The lowest BCUT2D eigenvalue weighted by atomic mass is 9.84. The molecule has 0 saturated carbocycles. The molecule has 18 heteroatoms. The molecule has 2 aromatic carbocycles. The topological polar surface area (TPSA) is 230 Å². The minimum Gasteiger partial charge on any atom is -0.484 e. The maximum Gasteiger partial charge on any atom is 0.329 e. The summed E-state index contributed by atoms with van der Waals surface area (Å²) in [6.07, 6.45) is 11.6. The van der Waals surface area contributed by atoms with Gasteiger partial charge in [-0.1, -0.05) is 77.9 Å².